The van der Waals surface area contributed by atoms with E-state index in [-0.39, 0.29) is 12.5 Å². The zero-order valence-electron chi connectivity index (χ0n) is 10.4. The van der Waals surface area contributed by atoms with Crippen LogP contribution in [0.15, 0.2) is 10.5 Å². The average molecular weight is 252 g/mol. The van der Waals surface area contributed by atoms with Gasteiger partial charge in [-0.05, 0) is 19.9 Å². The summed E-state index contributed by atoms with van der Waals surface area (Å²) in [4.78, 5) is 24.8. The third-order valence-corrected chi connectivity index (χ3v) is 3.06. The minimum atomic E-state index is -0.992. The van der Waals surface area contributed by atoms with Crippen LogP contribution >= 0.6 is 0 Å². The van der Waals surface area contributed by atoms with E-state index in [0.29, 0.717) is 30.2 Å². The van der Waals surface area contributed by atoms with Crippen LogP contribution in [0.5, 0.6) is 0 Å². The first-order valence-corrected chi connectivity index (χ1v) is 5.82. The number of hydrogen-bond donors (Lipinski definition) is 2. The summed E-state index contributed by atoms with van der Waals surface area (Å²) in [7, 11) is 0. The molecule has 0 bridgehead atoms. The Labute approximate surface area is 105 Å². The zero-order chi connectivity index (χ0) is 13.3. The fourth-order valence-electron chi connectivity index (χ4n) is 2.17. The second kappa shape index (κ2) is 4.81. The summed E-state index contributed by atoms with van der Waals surface area (Å²) >= 11 is 0. The lowest BCUT2D eigenvalue weighted by Crippen LogP contribution is -2.57. The first kappa shape index (κ1) is 12.6. The number of aliphatic carboxylic acids is 1. The van der Waals surface area contributed by atoms with E-state index < -0.39 is 12.0 Å². The number of carboxylic acids is 1. The molecule has 1 atom stereocenters. The number of carboxylic acid groups (broad SMARTS) is 1. The molecule has 1 aliphatic heterocycles. The van der Waals surface area contributed by atoms with Crippen LogP contribution in [0.4, 0.5) is 0 Å². The molecule has 0 aliphatic carbocycles. The van der Waals surface area contributed by atoms with Crippen molar-refractivity contribution in [3.05, 3.63) is 23.2 Å². The van der Waals surface area contributed by atoms with Gasteiger partial charge in [-0.15, -0.1) is 0 Å². The van der Waals surface area contributed by atoms with Crippen molar-refractivity contribution in [2.75, 3.05) is 19.6 Å². The van der Waals surface area contributed by atoms with Gasteiger partial charge in [-0.2, -0.15) is 0 Å². The van der Waals surface area contributed by atoms with Gasteiger partial charge in [0.05, 0.1) is 5.56 Å². The number of piperazine rings is 1. The molecule has 0 saturated carbocycles. The number of hydrogen-bond acceptors (Lipinski definition) is 4. The largest absolute Gasteiger partial charge is 0.480 e. The minimum Gasteiger partial charge on any atom is -0.480 e. The molecule has 2 N–H and O–H groups in total. The summed E-state index contributed by atoms with van der Waals surface area (Å²) in [5.74, 6) is -0.0929. The van der Waals surface area contributed by atoms with Crippen molar-refractivity contribution >= 4 is 11.9 Å². The van der Waals surface area contributed by atoms with Gasteiger partial charge >= 0.3 is 5.97 Å². The number of amides is 1. The van der Waals surface area contributed by atoms with Crippen molar-refractivity contribution in [3.8, 4) is 0 Å². The molecule has 0 spiro atoms. The van der Waals surface area contributed by atoms with Gasteiger partial charge in [-0.3, -0.25) is 4.79 Å². The van der Waals surface area contributed by atoms with E-state index in [9.17, 15) is 9.59 Å². The molecule has 0 radical (unpaired) electrons. The number of nitrogens with one attached hydrogen (secondary N) is 1. The molecular formula is C12H16N2O4. The topological polar surface area (TPSA) is 82.8 Å². The highest BCUT2D eigenvalue weighted by Crippen LogP contribution is 2.18. The molecule has 1 aromatic rings. The predicted molar refractivity (Wildman–Crippen MR) is 63.5 cm³/mol. The summed E-state index contributed by atoms with van der Waals surface area (Å²) in [5.41, 5.74) is 0.445. The molecule has 1 aromatic heterocycles. The highest BCUT2D eigenvalue weighted by molar-refractivity contribution is 5.97. The summed E-state index contributed by atoms with van der Waals surface area (Å²) < 4.78 is 5.31. The Bertz CT molecular complexity index is 480. The van der Waals surface area contributed by atoms with Crippen molar-refractivity contribution in [3.63, 3.8) is 0 Å². The lowest BCUT2D eigenvalue weighted by Gasteiger charge is -2.33. The highest BCUT2D eigenvalue weighted by Gasteiger charge is 2.33. The van der Waals surface area contributed by atoms with Crippen molar-refractivity contribution in [1.29, 1.82) is 0 Å². The smallest absolute Gasteiger partial charge is 0.327 e. The van der Waals surface area contributed by atoms with Crippen LogP contribution in [-0.2, 0) is 4.79 Å². The average Bonchev–Trinajstić information content (AvgIpc) is 2.67. The van der Waals surface area contributed by atoms with Gasteiger partial charge in [-0.1, -0.05) is 0 Å². The molecule has 2 heterocycles. The van der Waals surface area contributed by atoms with Gasteiger partial charge in [0.25, 0.3) is 5.91 Å². The molecule has 1 saturated heterocycles. The van der Waals surface area contributed by atoms with Crippen LogP contribution in [0.3, 0.4) is 0 Å². The number of furan rings is 1. The number of nitrogens with zero attached hydrogens (tertiary/aromatic N) is 1. The lowest BCUT2D eigenvalue weighted by atomic mass is 10.1. The van der Waals surface area contributed by atoms with Crippen molar-refractivity contribution in [2.45, 2.75) is 19.9 Å². The molecule has 0 aromatic carbocycles. The van der Waals surface area contributed by atoms with E-state index in [1.165, 1.54) is 4.90 Å². The number of rotatable bonds is 2. The van der Waals surface area contributed by atoms with Crippen LogP contribution in [0.2, 0.25) is 0 Å². The Morgan fingerprint density at radius 3 is 2.78 bits per heavy atom. The molecule has 98 valence electrons. The highest BCUT2D eigenvalue weighted by atomic mass is 16.4. The zero-order valence-corrected chi connectivity index (χ0v) is 10.4. The van der Waals surface area contributed by atoms with E-state index in [0.717, 1.165) is 0 Å². The molecule has 18 heavy (non-hydrogen) atoms. The fraction of sp³-hybridized carbons (Fsp3) is 0.500. The van der Waals surface area contributed by atoms with E-state index >= 15 is 0 Å². The Hall–Kier alpha value is -1.82. The van der Waals surface area contributed by atoms with Gasteiger partial charge in [0.2, 0.25) is 0 Å². The lowest BCUT2D eigenvalue weighted by molar-refractivity contribution is -0.142. The van der Waals surface area contributed by atoms with Gasteiger partial charge in [0.15, 0.2) is 0 Å². The maximum absolute atomic E-state index is 12.3. The SMILES string of the molecule is Cc1cc(C(=O)N2CCNCC2C(=O)O)c(C)o1. The third kappa shape index (κ3) is 2.24. The second-order valence-electron chi connectivity index (χ2n) is 4.38. The molecule has 1 unspecified atom stereocenters. The molecular weight excluding hydrogens is 236 g/mol. The number of aryl methyl sites for hydroxylation is 2. The van der Waals surface area contributed by atoms with Crippen LogP contribution < -0.4 is 5.32 Å². The molecule has 1 fully saturated rings. The molecule has 1 aliphatic rings. The van der Waals surface area contributed by atoms with Crippen LogP contribution in [0.1, 0.15) is 21.9 Å². The van der Waals surface area contributed by atoms with Crippen molar-refractivity contribution in [1.82, 2.24) is 10.2 Å². The molecule has 6 nitrogen and oxygen atoms in total. The predicted octanol–water partition coefficient (Wildman–Crippen LogP) is 0.395. The van der Waals surface area contributed by atoms with Crippen LogP contribution in [0.25, 0.3) is 0 Å². The van der Waals surface area contributed by atoms with Gasteiger partial charge in [-0.25, -0.2) is 4.79 Å². The standard InChI is InChI=1S/C12H16N2O4/c1-7-5-9(8(2)18-7)11(15)14-4-3-13-6-10(14)12(16)17/h5,10,13H,3-4,6H2,1-2H3,(H,16,17). The van der Waals surface area contributed by atoms with E-state index in [4.69, 9.17) is 9.52 Å². The van der Waals surface area contributed by atoms with Gasteiger partial charge in [0, 0.05) is 19.6 Å². The van der Waals surface area contributed by atoms with E-state index in [1.807, 2.05) is 0 Å². The van der Waals surface area contributed by atoms with Crippen LogP contribution in [-0.4, -0.2) is 47.6 Å². The van der Waals surface area contributed by atoms with Gasteiger partial charge < -0.3 is 19.7 Å². The fourth-order valence-corrected chi connectivity index (χ4v) is 2.17. The Balaban J connectivity index is 2.26. The Morgan fingerprint density at radius 1 is 1.50 bits per heavy atom. The first-order chi connectivity index (χ1) is 8.50. The Morgan fingerprint density at radius 2 is 2.22 bits per heavy atom. The van der Waals surface area contributed by atoms with E-state index in [1.54, 1.807) is 19.9 Å². The summed E-state index contributed by atoms with van der Waals surface area (Å²) in [6.07, 6.45) is 0. The Kier molecular flexibility index (Phi) is 3.38. The van der Waals surface area contributed by atoms with Gasteiger partial charge in [0.1, 0.15) is 17.6 Å². The van der Waals surface area contributed by atoms with Crippen LogP contribution in [0, 0.1) is 13.8 Å². The minimum absolute atomic E-state index is 0.275. The number of carbonyl (C=O) groups is 2. The van der Waals surface area contributed by atoms with Crippen molar-refractivity contribution < 1.29 is 19.1 Å². The third-order valence-electron chi connectivity index (χ3n) is 3.06. The van der Waals surface area contributed by atoms with Crippen molar-refractivity contribution in [2.24, 2.45) is 0 Å². The first-order valence-electron chi connectivity index (χ1n) is 5.82. The second-order valence-corrected chi connectivity index (χ2v) is 4.38. The monoisotopic (exact) mass is 252 g/mol. The maximum Gasteiger partial charge on any atom is 0.327 e. The maximum atomic E-state index is 12.3. The summed E-state index contributed by atoms with van der Waals surface area (Å²) in [5, 5.41) is 12.1. The number of carbonyl (C=O) groups excluding carboxylic acids is 1. The summed E-state index contributed by atoms with van der Waals surface area (Å²) in [6, 6.07) is 0.833. The molecule has 1 amide bonds. The summed E-state index contributed by atoms with van der Waals surface area (Å²) in [6.45, 7) is 4.73. The molecule has 6 heteroatoms. The van der Waals surface area contributed by atoms with E-state index in [2.05, 4.69) is 5.32 Å². The molecule has 2 rings (SSSR count). The quantitative estimate of drug-likeness (QED) is 0.796. The normalized spacial score (nSPS) is 19.9.